The smallest absolute Gasteiger partial charge is 0.0597 e. The second kappa shape index (κ2) is 5.91. The van der Waals surface area contributed by atoms with Crippen LogP contribution in [0.2, 0.25) is 0 Å². The summed E-state index contributed by atoms with van der Waals surface area (Å²) in [6.45, 7) is 7.43. The molecule has 1 unspecified atom stereocenters. The number of nitrogens with zero attached hydrogens (tertiary/aromatic N) is 2. The van der Waals surface area contributed by atoms with E-state index in [1.165, 1.54) is 25.0 Å². The van der Waals surface area contributed by atoms with Gasteiger partial charge in [-0.15, -0.1) is 0 Å². The largest absolute Gasteiger partial charge is 0.308 e. The summed E-state index contributed by atoms with van der Waals surface area (Å²) >= 11 is 0. The van der Waals surface area contributed by atoms with Gasteiger partial charge in [0.1, 0.15) is 0 Å². The van der Waals surface area contributed by atoms with Crippen LogP contribution in [0.4, 0.5) is 0 Å². The summed E-state index contributed by atoms with van der Waals surface area (Å²) < 4.78 is 1.96. The minimum atomic E-state index is 0.644. The molecule has 0 aliphatic carbocycles. The molecule has 86 valence electrons. The first-order chi connectivity index (χ1) is 7.17. The fourth-order valence-electron chi connectivity index (χ4n) is 1.88. The zero-order valence-corrected chi connectivity index (χ0v) is 10.4. The van der Waals surface area contributed by atoms with Gasteiger partial charge in [-0.05, 0) is 25.8 Å². The monoisotopic (exact) mass is 209 g/mol. The van der Waals surface area contributed by atoms with Crippen molar-refractivity contribution in [3.8, 4) is 0 Å². The molecule has 0 spiro atoms. The van der Waals surface area contributed by atoms with Crippen molar-refractivity contribution in [2.45, 2.75) is 52.6 Å². The van der Waals surface area contributed by atoms with Crippen molar-refractivity contribution in [3.63, 3.8) is 0 Å². The van der Waals surface area contributed by atoms with Gasteiger partial charge in [0.25, 0.3) is 0 Å². The van der Waals surface area contributed by atoms with Crippen LogP contribution < -0.4 is 5.32 Å². The van der Waals surface area contributed by atoms with Crippen LogP contribution in [0.25, 0.3) is 0 Å². The molecule has 0 saturated heterocycles. The van der Waals surface area contributed by atoms with Gasteiger partial charge < -0.3 is 5.32 Å². The van der Waals surface area contributed by atoms with Crippen LogP contribution in [0.5, 0.6) is 0 Å². The molecule has 1 N–H and O–H groups in total. The van der Waals surface area contributed by atoms with Crippen molar-refractivity contribution >= 4 is 0 Å². The molecular weight excluding hydrogens is 186 g/mol. The van der Waals surface area contributed by atoms with E-state index in [1.807, 2.05) is 18.7 Å². The van der Waals surface area contributed by atoms with E-state index in [2.05, 4.69) is 30.3 Å². The molecule has 0 bridgehead atoms. The molecule has 0 saturated carbocycles. The SMILES string of the molecule is CCCC(CC)NCc1cc(C)nn1C. The van der Waals surface area contributed by atoms with Crippen LogP contribution in [0.3, 0.4) is 0 Å². The fraction of sp³-hybridized carbons (Fsp3) is 0.750. The minimum Gasteiger partial charge on any atom is -0.308 e. The maximum absolute atomic E-state index is 4.34. The third-order valence-electron chi connectivity index (χ3n) is 2.80. The van der Waals surface area contributed by atoms with Crippen LogP contribution in [0, 0.1) is 6.92 Å². The summed E-state index contributed by atoms with van der Waals surface area (Å²) in [5.74, 6) is 0. The molecule has 0 aliphatic heterocycles. The first-order valence-electron chi connectivity index (χ1n) is 5.90. The molecule has 1 atom stereocenters. The third kappa shape index (κ3) is 3.67. The zero-order valence-electron chi connectivity index (χ0n) is 10.4. The summed E-state index contributed by atoms with van der Waals surface area (Å²) in [6.07, 6.45) is 3.70. The summed E-state index contributed by atoms with van der Waals surface area (Å²) in [5, 5.41) is 7.92. The second-order valence-electron chi connectivity index (χ2n) is 4.18. The first kappa shape index (κ1) is 12.2. The average molecular weight is 209 g/mol. The van der Waals surface area contributed by atoms with E-state index < -0.39 is 0 Å². The Bertz CT molecular complexity index is 291. The van der Waals surface area contributed by atoms with E-state index in [1.54, 1.807) is 0 Å². The molecule has 3 nitrogen and oxygen atoms in total. The number of rotatable bonds is 6. The maximum Gasteiger partial charge on any atom is 0.0597 e. The molecular formula is C12H23N3. The van der Waals surface area contributed by atoms with Gasteiger partial charge >= 0.3 is 0 Å². The van der Waals surface area contributed by atoms with Crippen molar-refractivity contribution < 1.29 is 0 Å². The van der Waals surface area contributed by atoms with Crippen molar-refractivity contribution in [2.24, 2.45) is 7.05 Å². The van der Waals surface area contributed by atoms with Crippen LogP contribution in [-0.2, 0) is 13.6 Å². The Morgan fingerprint density at radius 3 is 2.67 bits per heavy atom. The Morgan fingerprint density at radius 1 is 1.47 bits per heavy atom. The van der Waals surface area contributed by atoms with Crippen molar-refractivity contribution in [2.75, 3.05) is 0 Å². The highest BCUT2D eigenvalue weighted by atomic mass is 15.3. The average Bonchev–Trinajstić information content (AvgIpc) is 2.52. The molecule has 0 fully saturated rings. The highest BCUT2D eigenvalue weighted by molar-refractivity contribution is 5.08. The van der Waals surface area contributed by atoms with Crippen molar-refractivity contribution in [1.82, 2.24) is 15.1 Å². The Labute approximate surface area is 92.9 Å². The molecule has 15 heavy (non-hydrogen) atoms. The van der Waals surface area contributed by atoms with Gasteiger partial charge in [-0.2, -0.15) is 5.10 Å². The van der Waals surface area contributed by atoms with E-state index in [0.29, 0.717) is 6.04 Å². The molecule has 1 heterocycles. The number of hydrogen-bond donors (Lipinski definition) is 1. The van der Waals surface area contributed by atoms with Gasteiger partial charge in [0.15, 0.2) is 0 Å². The lowest BCUT2D eigenvalue weighted by atomic mass is 10.1. The number of aromatic nitrogens is 2. The van der Waals surface area contributed by atoms with E-state index in [9.17, 15) is 0 Å². The van der Waals surface area contributed by atoms with Gasteiger partial charge in [0, 0.05) is 19.6 Å². The van der Waals surface area contributed by atoms with Crippen LogP contribution in [-0.4, -0.2) is 15.8 Å². The lowest BCUT2D eigenvalue weighted by Gasteiger charge is -2.15. The minimum absolute atomic E-state index is 0.644. The molecule has 3 heteroatoms. The number of hydrogen-bond acceptors (Lipinski definition) is 2. The lowest BCUT2D eigenvalue weighted by molar-refractivity contribution is 0.453. The molecule has 1 aromatic rings. The molecule has 1 aromatic heterocycles. The van der Waals surface area contributed by atoms with E-state index in [0.717, 1.165) is 12.2 Å². The van der Waals surface area contributed by atoms with Gasteiger partial charge in [-0.3, -0.25) is 4.68 Å². The van der Waals surface area contributed by atoms with Gasteiger partial charge in [0.2, 0.25) is 0 Å². The third-order valence-corrected chi connectivity index (χ3v) is 2.80. The predicted octanol–water partition coefficient (Wildman–Crippen LogP) is 2.40. The molecule has 1 rings (SSSR count). The summed E-state index contributed by atoms with van der Waals surface area (Å²) in [4.78, 5) is 0. The normalized spacial score (nSPS) is 13.1. The van der Waals surface area contributed by atoms with Crippen LogP contribution in [0.1, 0.15) is 44.5 Å². The Morgan fingerprint density at radius 2 is 2.20 bits per heavy atom. The van der Waals surface area contributed by atoms with E-state index in [-0.39, 0.29) is 0 Å². The highest BCUT2D eigenvalue weighted by Gasteiger charge is 2.06. The van der Waals surface area contributed by atoms with Crippen LogP contribution in [0.15, 0.2) is 6.07 Å². The van der Waals surface area contributed by atoms with Gasteiger partial charge in [0.05, 0.1) is 11.4 Å². The van der Waals surface area contributed by atoms with Gasteiger partial charge in [-0.25, -0.2) is 0 Å². The van der Waals surface area contributed by atoms with E-state index in [4.69, 9.17) is 0 Å². The lowest BCUT2D eigenvalue weighted by Crippen LogP contribution is -2.28. The Balaban J connectivity index is 2.44. The topological polar surface area (TPSA) is 29.9 Å². The Hall–Kier alpha value is -0.830. The van der Waals surface area contributed by atoms with Crippen molar-refractivity contribution in [1.29, 1.82) is 0 Å². The highest BCUT2D eigenvalue weighted by Crippen LogP contribution is 2.05. The quantitative estimate of drug-likeness (QED) is 0.779. The zero-order chi connectivity index (χ0) is 11.3. The molecule has 0 amide bonds. The molecule has 0 aromatic carbocycles. The van der Waals surface area contributed by atoms with Crippen LogP contribution >= 0.6 is 0 Å². The molecule has 0 radical (unpaired) electrons. The van der Waals surface area contributed by atoms with Crippen molar-refractivity contribution in [3.05, 3.63) is 17.5 Å². The predicted molar refractivity (Wildman–Crippen MR) is 63.8 cm³/mol. The summed E-state index contributed by atoms with van der Waals surface area (Å²) in [7, 11) is 2.00. The Kier molecular flexibility index (Phi) is 4.82. The first-order valence-corrected chi connectivity index (χ1v) is 5.90. The standard InChI is InChI=1S/C12H23N3/c1-5-7-11(6-2)13-9-12-8-10(3)14-15(12)4/h8,11,13H,5-7,9H2,1-4H3. The number of nitrogens with one attached hydrogen (secondary N) is 1. The van der Waals surface area contributed by atoms with E-state index >= 15 is 0 Å². The fourth-order valence-corrected chi connectivity index (χ4v) is 1.88. The van der Waals surface area contributed by atoms with Gasteiger partial charge in [-0.1, -0.05) is 20.3 Å². The number of aryl methyl sites for hydroxylation is 2. The second-order valence-corrected chi connectivity index (χ2v) is 4.18. The summed E-state index contributed by atoms with van der Waals surface area (Å²) in [5.41, 5.74) is 2.36. The maximum atomic E-state index is 4.34. The molecule has 0 aliphatic rings. The summed E-state index contributed by atoms with van der Waals surface area (Å²) in [6, 6.07) is 2.79.